The lowest BCUT2D eigenvalue weighted by Crippen LogP contribution is -1.71. The van der Waals surface area contributed by atoms with Crippen LogP contribution in [0.2, 0.25) is 0 Å². The van der Waals surface area contributed by atoms with E-state index in [0.717, 1.165) is 15.1 Å². The molecule has 0 amide bonds. The lowest BCUT2D eigenvalue weighted by molar-refractivity contribution is 0.155. The van der Waals surface area contributed by atoms with Gasteiger partial charge in [0.25, 0.3) is 6.43 Å². The Morgan fingerprint density at radius 3 is 2.33 bits per heavy atom. The second-order valence-corrected chi connectivity index (χ2v) is 3.94. The molecule has 9 heavy (non-hydrogen) atoms. The van der Waals surface area contributed by atoms with Gasteiger partial charge in [-0.15, -0.1) is 11.3 Å². The number of hydrogen-bond acceptors (Lipinski definition) is 1. The summed E-state index contributed by atoms with van der Waals surface area (Å²) >= 11 is 4.15. The highest BCUT2D eigenvalue weighted by Crippen LogP contribution is 2.29. The molecule has 0 nitrogen and oxygen atoms in total. The van der Waals surface area contributed by atoms with Crippen LogP contribution in [0, 0.1) is 0 Å². The maximum atomic E-state index is 11.8. The lowest BCUT2D eigenvalue weighted by atomic mass is 10.5. The van der Waals surface area contributed by atoms with Crippen LogP contribution in [0.1, 0.15) is 11.3 Å². The van der Waals surface area contributed by atoms with E-state index in [9.17, 15) is 8.78 Å². The van der Waals surface area contributed by atoms with Gasteiger partial charge in [0.2, 0.25) is 0 Å². The fourth-order valence-corrected chi connectivity index (χ4v) is 1.72. The molecule has 50 valence electrons. The highest BCUT2D eigenvalue weighted by Gasteiger charge is 2.07. The van der Waals surface area contributed by atoms with Crippen LogP contribution in [0.4, 0.5) is 8.78 Å². The van der Waals surface area contributed by atoms with E-state index in [1.54, 1.807) is 6.07 Å². The standard InChI is InChI=1S/C5H3BrF2S/c6-4-2-1-3(9-4)5(7)8/h1-2,5H. The minimum absolute atomic E-state index is 0.113. The highest BCUT2D eigenvalue weighted by atomic mass is 79.9. The molecule has 0 spiro atoms. The summed E-state index contributed by atoms with van der Waals surface area (Å²) in [6.07, 6.45) is -2.33. The third-order valence-electron chi connectivity index (χ3n) is 0.809. The summed E-state index contributed by atoms with van der Waals surface area (Å²) in [4.78, 5) is 0.113. The van der Waals surface area contributed by atoms with Crippen LogP contribution in [-0.2, 0) is 0 Å². The van der Waals surface area contributed by atoms with Gasteiger partial charge >= 0.3 is 0 Å². The van der Waals surface area contributed by atoms with Gasteiger partial charge in [-0.05, 0) is 28.1 Å². The monoisotopic (exact) mass is 212 g/mol. The normalized spacial score (nSPS) is 10.7. The van der Waals surface area contributed by atoms with Gasteiger partial charge in [-0.2, -0.15) is 0 Å². The number of alkyl halides is 2. The Balaban J connectivity index is 2.85. The first-order valence-electron chi connectivity index (χ1n) is 2.23. The lowest BCUT2D eigenvalue weighted by Gasteiger charge is -1.87. The summed E-state index contributed by atoms with van der Waals surface area (Å²) in [6, 6.07) is 3.03. The van der Waals surface area contributed by atoms with Gasteiger partial charge in [-0.25, -0.2) is 8.78 Å². The fraction of sp³-hybridized carbons (Fsp3) is 0.200. The first-order valence-corrected chi connectivity index (χ1v) is 3.84. The summed E-state index contributed by atoms with van der Waals surface area (Å²) < 4.78 is 24.3. The third kappa shape index (κ3) is 1.72. The van der Waals surface area contributed by atoms with Crippen LogP contribution < -0.4 is 0 Å². The number of thiophene rings is 1. The maximum absolute atomic E-state index is 11.8. The van der Waals surface area contributed by atoms with Crippen LogP contribution in [0.25, 0.3) is 0 Å². The van der Waals surface area contributed by atoms with Crippen LogP contribution in [0.5, 0.6) is 0 Å². The van der Waals surface area contributed by atoms with E-state index in [0.29, 0.717) is 0 Å². The van der Waals surface area contributed by atoms with Crippen molar-refractivity contribution >= 4 is 27.3 Å². The van der Waals surface area contributed by atoms with Gasteiger partial charge in [-0.3, -0.25) is 0 Å². The highest BCUT2D eigenvalue weighted by molar-refractivity contribution is 9.11. The zero-order valence-electron chi connectivity index (χ0n) is 4.27. The van der Waals surface area contributed by atoms with Gasteiger partial charge in [0.05, 0.1) is 8.66 Å². The van der Waals surface area contributed by atoms with Crippen LogP contribution >= 0.6 is 27.3 Å². The Hall–Kier alpha value is 0.0400. The molecule has 0 N–H and O–H groups in total. The Kier molecular flexibility index (Phi) is 2.18. The van der Waals surface area contributed by atoms with Crippen LogP contribution in [-0.4, -0.2) is 0 Å². The minimum atomic E-state index is -2.33. The van der Waals surface area contributed by atoms with E-state index in [1.807, 2.05) is 0 Å². The van der Waals surface area contributed by atoms with Gasteiger partial charge in [0.15, 0.2) is 0 Å². The fourth-order valence-electron chi connectivity index (χ4n) is 0.446. The molecule has 0 radical (unpaired) electrons. The molecule has 1 rings (SSSR count). The summed E-state index contributed by atoms with van der Waals surface area (Å²) in [5, 5.41) is 0. The topological polar surface area (TPSA) is 0 Å². The predicted octanol–water partition coefficient (Wildman–Crippen LogP) is 3.45. The number of halogens is 3. The molecule has 0 saturated heterocycles. The Labute approximate surface area is 63.6 Å². The molecule has 0 aliphatic rings. The van der Waals surface area contributed by atoms with Crippen molar-refractivity contribution in [3.8, 4) is 0 Å². The van der Waals surface area contributed by atoms with Crippen molar-refractivity contribution in [2.45, 2.75) is 6.43 Å². The van der Waals surface area contributed by atoms with E-state index in [1.165, 1.54) is 6.07 Å². The quantitative estimate of drug-likeness (QED) is 0.670. The van der Waals surface area contributed by atoms with Crippen molar-refractivity contribution < 1.29 is 8.78 Å². The maximum Gasteiger partial charge on any atom is 0.272 e. The molecule has 0 aliphatic carbocycles. The van der Waals surface area contributed by atoms with Crippen LogP contribution in [0.3, 0.4) is 0 Å². The molecule has 0 atom stereocenters. The summed E-state index contributed by atoms with van der Waals surface area (Å²) in [6.45, 7) is 0. The van der Waals surface area contributed by atoms with Crippen molar-refractivity contribution in [3.63, 3.8) is 0 Å². The second-order valence-electron chi connectivity index (χ2n) is 1.44. The molecular weight excluding hydrogens is 210 g/mol. The third-order valence-corrected chi connectivity index (χ3v) is 2.44. The Morgan fingerprint density at radius 2 is 2.11 bits per heavy atom. The van der Waals surface area contributed by atoms with Gasteiger partial charge in [-0.1, -0.05) is 0 Å². The van der Waals surface area contributed by atoms with E-state index in [4.69, 9.17) is 0 Å². The molecule has 1 aromatic heterocycles. The number of rotatable bonds is 1. The zero-order valence-corrected chi connectivity index (χ0v) is 6.68. The smallest absolute Gasteiger partial charge is 0.204 e. The molecule has 0 unspecified atom stereocenters. The minimum Gasteiger partial charge on any atom is -0.204 e. The SMILES string of the molecule is FC(F)c1ccc(Br)s1. The molecule has 1 aromatic rings. The molecule has 0 bridgehead atoms. The van der Waals surface area contributed by atoms with E-state index in [-0.39, 0.29) is 4.88 Å². The molecule has 1 heterocycles. The Morgan fingerprint density at radius 1 is 1.44 bits per heavy atom. The van der Waals surface area contributed by atoms with Crippen molar-refractivity contribution in [2.24, 2.45) is 0 Å². The van der Waals surface area contributed by atoms with Crippen molar-refractivity contribution in [1.82, 2.24) is 0 Å². The van der Waals surface area contributed by atoms with Crippen LogP contribution in [0.15, 0.2) is 15.9 Å². The molecule has 0 aliphatic heterocycles. The van der Waals surface area contributed by atoms with Crippen molar-refractivity contribution in [3.05, 3.63) is 20.8 Å². The molecule has 0 fully saturated rings. The largest absolute Gasteiger partial charge is 0.272 e. The summed E-state index contributed by atoms with van der Waals surface area (Å²) in [5.41, 5.74) is 0. The molecule has 0 aromatic carbocycles. The summed E-state index contributed by atoms with van der Waals surface area (Å²) in [7, 11) is 0. The van der Waals surface area contributed by atoms with Gasteiger partial charge < -0.3 is 0 Å². The van der Waals surface area contributed by atoms with Gasteiger partial charge in [0.1, 0.15) is 0 Å². The van der Waals surface area contributed by atoms with Crippen molar-refractivity contribution in [2.75, 3.05) is 0 Å². The van der Waals surface area contributed by atoms with E-state index >= 15 is 0 Å². The second kappa shape index (κ2) is 2.75. The average molecular weight is 213 g/mol. The molecule has 4 heteroatoms. The predicted molar refractivity (Wildman–Crippen MR) is 37.0 cm³/mol. The van der Waals surface area contributed by atoms with E-state index < -0.39 is 6.43 Å². The van der Waals surface area contributed by atoms with Crippen molar-refractivity contribution in [1.29, 1.82) is 0 Å². The first-order chi connectivity index (χ1) is 4.20. The molecule has 0 saturated carbocycles. The molecular formula is C5H3BrF2S. The number of hydrogen-bond donors (Lipinski definition) is 0. The van der Waals surface area contributed by atoms with E-state index in [2.05, 4.69) is 15.9 Å². The average Bonchev–Trinajstić information content (AvgIpc) is 2.14. The zero-order chi connectivity index (χ0) is 6.85. The summed E-state index contributed by atoms with van der Waals surface area (Å²) in [5.74, 6) is 0. The Bertz CT molecular complexity index is 197. The first kappa shape index (κ1) is 7.15. The van der Waals surface area contributed by atoms with Gasteiger partial charge in [0, 0.05) is 0 Å².